The van der Waals surface area contributed by atoms with Crippen molar-refractivity contribution in [2.24, 2.45) is 0 Å². The van der Waals surface area contributed by atoms with Gasteiger partial charge < -0.3 is 14.8 Å². The molecule has 0 aliphatic carbocycles. The monoisotopic (exact) mass is 485 g/mol. The molecule has 2 aromatic carbocycles. The Balaban J connectivity index is 1.69. The summed E-state index contributed by atoms with van der Waals surface area (Å²) in [5.41, 5.74) is 0.852. The van der Waals surface area contributed by atoms with Gasteiger partial charge in [-0.05, 0) is 48.5 Å². The molecule has 33 heavy (non-hydrogen) atoms. The number of pyridine rings is 1. The van der Waals surface area contributed by atoms with E-state index in [2.05, 4.69) is 21.6 Å². The van der Waals surface area contributed by atoms with Crippen LogP contribution >= 0.6 is 11.8 Å². The number of amides is 1. The molecule has 0 unspecified atom stereocenters. The normalized spacial score (nSPS) is 10.8. The van der Waals surface area contributed by atoms with Crippen molar-refractivity contribution in [2.45, 2.75) is 14.8 Å². The molecule has 0 saturated carbocycles. The lowest BCUT2D eigenvalue weighted by molar-refractivity contribution is 0.0957. The Labute approximate surface area is 197 Å². The summed E-state index contributed by atoms with van der Waals surface area (Å²) < 4.78 is 38.6. The molecular weight excluding hydrogens is 462 g/mol. The van der Waals surface area contributed by atoms with E-state index in [0.29, 0.717) is 28.6 Å². The van der Waals surface area contributed by atoms with E-state index in [1.807, 2.05) is 0 Å². The summed E-state index contributed by atoms with van der Waals surface area (Å²) in [6.07, 6.45) is 3.11. The van der Waals surface area contributed by atoms with Crippen LogP contribution in [0.5, 0.6) is 11.5 Å². The zero-order valence-electron chi connectivity index (χ0n) is 18.1. The van der Waals surface area contributed by atoms with Crippen molar-refractivity contribution in [1.82, 2.24) is 10.3 Å². The molecule has 0 atom stereocenters. The number of carbonyl (C=O) groups is 1. The molecular formula is C23H23N3O5S2. The lowest BCUT2D eigenvalue weighted by atomic mass is 10.3. The Morgan fingerprint density at radius 2 is 1.85 bits per heavy atom. The summed E-state index contributed by atoms with van der Waals surface area (Å²) in [7, 11) is -1.03. The minimum absolute atomic E-state index is 0.0239. The number of carbonyl (C=O) groups excluding carboxylic acids is 1. The topological polar surface area (TPSA) is 107 Å². The summed E-state index contributed by atoms with van der Waals surface area (Å²) >= 11 is 1.39. The molecule has 172 valence electrons. The molecule has 3 aromatic rings. The SMILES string of the molecule is C=CCNC(=O)c1ccc(Sc2ccc(NS(=O)(=O)c3cc(OC)ccc3OC)cc2)nc1. The first kappa shape index (κ1) is 24.1. The van der Waals surface area contributed by atoms with Crippen LogP contribution in [0.1, 0.15) is 10.4 Å². The van der Waals surface area contributed by atoms with E-state index in [1.165, 1.54) is 44.3 Å². The molecule has 1 amide bonds. The molecule has 3 rings (SSSR count). The quantitative estimate of drug-likeness (QED) is 0.419. The van der Waals surface area contributed by atoms with Crippen molar-refractivity contribution < 1.29 is 22.7 Å². The standard InChI is InChI=1S/C23H23N3O5S2/c1-4-13-24-23(27)16-5-12-22(25-15-16)32-19-9-6-17(7-10-19)26-33(28,29)21-14-18(30-2)8-11-20(21)31-3/h4-12,14-15,26H,1,13H2,2-3H3,(H,24,27). The predicted octanol–water partition coefficient (Wildman–Crippen LogP) is 3.97. The van der Waals surface area contributed by atoms with E-state index >= 15 is 0 Å². The molecule has 0 radical (unpaired) electrons. The van der Waals surface area contributed by atoms with Gasteiger partial charge in [0.25, 0.3) is 15.9 Å². The van der Waals surface area contributed by atoms with Gasteiger partial charge in [-0.2, -0.15) is 0 Å². The number of nitrogens with one attached hydrogen (secondary N) is 2. The lowest BCUT2D eigenvalue weighted by Gasteiger charge is -2.13. The van der Waals surface area contributed by atoms with E-state index < -0.39 is 10.0 Å². The average Bonchev–Trinajstić information content (AvgIpc) is 2.83. The molecule has 1 aromatic heterocycles. The smallest absolute Gasteiger partial charge is 0.265 e. The largest absolute Gasteiger partial charge is 0.497 e. The number of ether oxygens (including phenoxy) is 2. The molecule has 0 fully saturated rings. The van der Waals surface area contributed by atoms with Gasteiger partial charge in [-0.1, -0.05) is 17.8 Å². The van der Waals surface area contributed by atoms with Crippen molar-refractivity contribution in [1.29, 1.82) is 0 Å². The maximum Gasteiger partial charge on any atom is 0.265 e. The van der Waals surface area contributed by atoms with Crippen LogP contribution in [-0.4, -0.2) is 40.1 Å². The highest BCUT2D eigenvalue weighted by Crippen LogP contribution is 2.31. The molecule has 0 aliphatic rings. The van der Waals surface area contributed by atoms with Gasteiger partial charge in [0, 0.05) is 29.4 Å². The highest BCUT2D eigenvalue weighted by molar-refractivity contribution is 7.99. The summed E-state index contributed by atoms with van der Waals surface area (Å²) in [6.45, 7) is 3.95. The van der Waals surface area contributed by atoms with E-state index in [0.717, 1.165) is 4.90 Å². The van der Waals surface area contributed by atoms with Gasteiger partial charge in [0.2, 0.25) is 0 Å². The van der Waals surface area contributed by atoms with Gasteiger partial charge in [-0.25, -0.2) is 13.4 Å². The second kappa shape index (κ2) is 10.9. The van der Waals surface area contributed by atoms with Crippen molar-refractivity contribution in [3.8, 4) is 11.5 Å². The minimum Gasteiger partial charge on any atom is -0.497 e. The third-order valence-corrected chi connectivity index (χ3v) is 6.76. The molecule has 1 heterocycles. The Morgan fingerprint density at radius 1 is 1.09 bits per heavy atom. The first-order valence-electron chi connectivity index (χ1n) is 9.74. The van der Waals surface area contributed by atoms with Crippen LogP contribution < -0.4 is 19.5 Å². The number of benzene rings is 2. The van der Waals surface area contributed by atoms with Crippen LogP contribution in [-0.2, 0) is 10.0 Å². The van der Waals surface area contributed by atoms with Crippen molar-refractivity contribution in [3.05, 3.63) is 79.0 Å². The first-order valence-corrected chi connectivity index (χ1v) is 12.0. The molecule has 0 spiro atoms. The summed E-state index contributed by atoms with van der Waals surface area (Å²) in [6, 6.07) is 14.9. The summed E-state index contributed by atoms with van der Waals surface area (Å²) in [4.78, 5) is 17.1. The number of hydrogen-bond donors (Lipinski definition) is 2. The zero-order valence-corrected chi connectivity index (χ0v) is 19.7. The van der Waals surface area contributed by atoms with Crippen LogP contribution in [0.2, 0.25) is 0 Å². The summed E-state index contributed by atoms with van der Waals surface area (Å²) in [5, 5.41) is 3.39. The maximum atomic E-state index is 12.9. The highest BCUT2D eigenvalue weighted by Gasteiger charge is 2.21. The van der Waals surface area contributed by atoms with Crippen molar-refractivity contribution in [3.63, 3.8) is 0 Å². The number of nitrogens with zero attached hydrogens (tertiary/aromatic N) is 1. The van der Waals surface area contributed by atoms with E-state index in [1.54, 1.807) is 48.5 Å². The van der Waals surface area contributed by atoms with Crippen molar-refractivity contribution in [2.75, 3.05) is 25.5 Å². The van der Waals surface area contributed by atoms with Crippen LogP contribution in [0.15, 0.2) is 88.3 Å². The number of aromatic nitrogens is 1. The Bertz CT molecular complexity index is 1230. The first-order chi connectivity index (χ1) is 15.9. The van der Waals surface area contributed by atoms with Crippen LogP contribution in [0, 0.1) is 0 Å². The van der Waals surface area contributed by atoms with Gasteiger partial charge >= 0.3 is 0 Å². The fraction of sp³-hybridized carbons (Fsp3) is 0.130. The van der Waals surface area contributed by atoms with Gasteiger partial charge in [0.1, 0.15) is 21.4 Å². The average molecular weight is 486 g/mol. The van der Waals surface area contributed by atoms with Crippen molar-refractivity contribution >= 4 is 33.4 Å². The second-order valence-electron chi connectivity index (χ2n) is 6.63. The lowest BCUT2D eigenvalue weighted by Crippen LogP contribution is -2.23. The molecule has 0 aliphatic heterocycles. The Kier molecular flexibility index (Phi) is 7.96. The molecule has 2 N–H and O–H groups in total. The summed E-state index contributed by atoms with van der Waals surface area (Å²) in [5.74, 6) is 0.394. The molecule has 10 heteroatoms. The second-order valence-corrected chi connectivity index (χ2v) is 9.38. The Hall–Kier alpha value is -3.50. The fourth-order valence-electron chi connectivity index (χ4n) is 2.76. The number of anilines is 1. The Morgan fingerprint density at radius 3 is 2.45 bits per heavy atom. The third kappa shape index (κ3) is 6.27. The number of methoxy groups -OCH3 is 2. The van der Waals surface area contributed by atoms with Gasteiger partial charge in [0.05, 0.1) is 19.8 Å². The fourth-order valence-corrected chi connectivity index (χ4v) is 4.76. The van der Waals surface area contributed by atoms with Crippen LogP contribution in [0.25, 0.3) is 0 Å². The van der Waals surface area contributed by atoms with E-state index in [9.17, 15) is 13.2 Å². The minimum atomic E-state index is -3.90. The number of rotatable bonds is 10. The van der Waals surface area contributed by atoms with Gasteiger partial charge in [-0.15, -0.1) is 6.58 Å². The number of hydrogen-bond acceptors (Lipinski definition) is 7. The van der Waals surface area contributed by atoms with E-state index in [-0.39, 0.29) is 16.6 Å². The number of sulfonamides is 1. The molecule has 0 bridgehead atoms. The molecule has 0 saturated heterocycles. The zero-order chi connectivity index (χ0) is 23.8. The van der Waals surface area contributed by atoms with Crippen LogP contribution in [0.4, 0.5) is 5.69 Å². The highest BCUT2D eigenvalue weighted by atomic mass is 32.2. The van der Waals surface area contributed by atoms with Crippen LogP contribution in [0.3, 0.4) is 0 Å². The third-order valence-electron chi connectivity index (χ3n) is 4.39. The predicted molar refractivity (Wildman–Crippen MR) is 128 cm³/mol. The van der Waals surface area contributed by atoms with E-state index in [4.69, 9.17) is 9.47 Å². The van der Waals surface area contributed by atoms with Gasteiger partial charge in [0.15, 0.2) is 0 Å². The molecule has 8 nitrogen and oxygen atoms in total. The van der Waals surface area contributed by atoms with Gasteiger partial charge in [-0.3, -0.25) is 9.52 Å². The maximum absolute atomic E-state index is 12.9.